The summed E-state index contributed by atoms with van der Waals surface area (Å²) < 4.78 is 11.2. The highest BCUT2D eigenvalue weighted by Gasteiger charge is 2.13. The lowest BCUT2D eigenvalue weighted by molar-refractivity contribution is -0.149. The van der Waals surface area contributed by atoms with Crippen LogP contribution < -0.4 is 4.74 Å². The first-order chi connectivity index (χ1) is 10.1. The summed E-state index contributed by atoms with van der Waals surface area (Å²) in [5.41, 5.74) is 1.21. The number of para-hydroxylation sites is 1. The molecule has 3 nitrogen and oxygen atoms in total. The number of ether oxygens (including phenoxy) is 2. The summed E-state index contributed by atoms with van der Waals surface area (Å²) in [5, 5.41) is 0. The minimum absolute atomic E-state index is 0.136. The van der Waals surface area contributed by atoms with Crippen LogP contribution in [0.3, 0.4) is 0 Å². The molecule has 0 unspecified atom stereocenters. The first-order valence-electron chi connectivity index (χ1n) is 7.99. The Labute approximate surface area is 128 Å². The summed E-state index contributed by atoms with van der Waals surface area (Å²) in [6.07, 6.45) is 3.22. The van der Waals surface area contributed by atoms with Crippen LogP contribution in [0.5, 0.6) is 5.75 Å². The van der Waals surface area contributed by atoms with E-state index in [9.17, 15) is 4.79 Å². The second kappa shape index (κ2) is 9.43. The van der Waals surface area contributed by atoms with Crippen LogP contribution in [-0.2, 0) is 9.53 Å². The summed E-state index contributed by atoms with van der Waals surface area (Å²) in [7, 11) is 0. The van der Waals surface area contributed by atoms with Gasteiger partial charge in [0.2, 0.25) is 0 Å². The number of rotatable bonds is 9. The zero-order chi connectivity index (χ0) is 15.7. The molecule has 21 heavy (non-hydrogen) atoms. The molecule has 0 aliphatic rings. The molecule has 3 heteroatoms. The minimum atomic E-state index is -0.223. The Balaban J connectivity index is 2.49. The number of carbonyl (C=O) groups excluding carboxylic acids is 1. The lowest BCUT2D eigenvalue weighted by Crippen LogP contribution is -2.22. The van der Waals surface area contributed by atoms with E-state index in [0.717, 1.165) is 25.0 Å². The average Bonchev–Trinajstić information content (AvgIpc) is 2.50. The third-order valence-electron chi connectivity index (χ3n) is 3.60. The normalized spacial score (nSPS) is 13.5. The number of hydrogen-bond acceptors (Lipinski definition) is 3. The zero-order valence-electron chi connectivity index (χ0n) is 13.7. The molecule has 0 heterocycles. The Morgan fingerprint density at radius 3 is 2.57 bits per heavy atom. The van der Waals surface area contributed by atoms with Gasteiger partial charge in [-0.1, -0.05) is 45.4 Å². The third-order valence-corrected chi connectivity index (χ3v) is 3.60. The van der Waals surface area contributed by atoms with Crippen molar-refractivity contribution in [3.8, 4) is 5.75 Å². The molecule has 0 aliphatic heterocycles. The molecule has 0 fully saturated rings. The van der Waals surface area contributed by atoms with E-state index in [0.29, 0.717) is 18.9 Å². The van der Waals surface area contributed by atoms with Gasteiger partial charge in [0, 0.05) is 6.42 Å². The molecular weight excluding hydrogens is 264 g/mol. The van der Waals surface area contributed by atoms with Crippen LogP contribution in [0.1, 0.15) is 64.9 Å². The van der Waals surface area contributed by atoms with Crippen molar-refractivity contribution >= 4 is 5.97 Å². The highest BCUT2D eigenvalue weighted by molar-refractivity contribution is 5.69. The maximum atomic E-state index is 11.6. The number of carbonyl (C=O) groups is 1. The first-order valence-corrected chi connectivity index (χ1v) is 7.99. The summed E-state index contributed by atoms with van der Waals surface area (Å²) in [6.45, 7) is 8.68. The lowest BCUT2D eigenvalue weighted by Gasteiger charge is -2.18. The van der Waals surface area contributed by atoms with Gasteiger partial charge in [0.15, 0.2) is 0 Å². The standard InChI is InChI=1S/C18H28O3/c1-5-7-12-18(19)21-15(4)13-20-17-11-9-8-10-16(17)14(3)6-2/h8-11,14-15H,5-7,12-13H2,1-4H3/t14-,15+/m0/s1. The van der Waals surface area contributed by atoms with Gasteiger partial charge in [0.05, 0.1) is 0 Å². The summed E-state index contributed by atoms with van der Waals surface area (Å²) >= 11 is 0. The highest BCUT2D eigenvalue weighted by Crippen LogP contribution is 2.28. The Morgan fingerprint density at radius 1 is 1.19 bits per heavy atom. The van der Waals surface area contributed by atoms with Gasteiger partial charge in [-0.05, 0) is 37.3 Å². The topological polar surface area (TPSA) is 35.5 Å². The molecule has 0 saturated carbocycles. The monoisotopic (exact) mass is 292 g/mol. The fourth-order valence-electron chi connectivity index (χ4n) is 2.08. The molecule has 0 aromatic heterocycles. The van der Waals surface area contributed by atoms with Gasteiger partial charge in [-0.15, -0.1) is 0 Å². The zero-order valence-corrected chi connectivity index (χ0v) is 13.7. The lowest BCUT2D eigenvalue weighted by atomic mass is 9.98. The average molecular weight is 292 g/mol. The molecular formula is C18H28O3. The Kier molecular flexibility index (Phi) is 7.88. The van der Waals surface area contributed by atoms with Crippen molar-refractivity contribution in [3.63, 3.8) is 0 Å². The molecule has 0 radical (unpaired) electrons. The molecule has 0 saturated heterocycles. The maximum absolute atomic E-state index is 11.6. The van der Waals surface area contributed by atoms with Crippen LogP contribution in [0.15, 0.2) is 24.3 Å². The van der Waals surface area contributed by atoms with Crippen molar-refractivity contribution in [1.82, 2.24) is 0 Å². The van der Waals surface area contributed by atoms with Crippen LogP contribution in [0.4, 0.5) is 0 Å². The molecule has 1 aromatic carbocycles. The number of esters is 1. The van der Waals surface area contributed by atoms with Crippen molar-refractivity contribution in [1.29, 1.82) is 0 Å². The summed E-state index contributed by atoms with van der Waals surface area (Å²) in [6, 6.07) is 8.08. The minimum Gasteiger partial charge on any atom is -0.489 e. The molecule has 118 valence electrons. The fourth-order valence-corrected chi connectivity index (χ4v) is 2.08. The van der Waals surface area contributed by atoms with Gasteiger partial charge < -0.3 is 9.47 Å². The molecule has 0 spiro atoms. The van der Waals surface area contributed by atoms with Crippen molar-refractivity contribution in [3.05, 3.63) is 29.8 Å². The Bertz CT molecular complexity index is 428. The Hall–Kier alpha value is -1.51. The molecule has 0 amide bonds. The summed E-state index contributed by atoms with van der Waals surface area (Å²) in [4.78, 5) is 11.6. The van der Waals surface area contributed by atoms with Crippen LogP contribution in [0.25, 0.3) is 0 Å². The molecule has 1 rings (SSSR count). The molecule has 1 aromatic rings. The van der Waals surface area contributed by atoms with Crippen LogP contribution in [-0.4, -0.2) is 18.7 Å². The van der Waals surface area contributed by atoms with E-state index in [4.69, 9.17) is 9.47 Å². The van der Waals surface area contributed by atoms with Gasteiger partial charge in [-0.2, -0.15) is 0 Å². The van der Waals surface area contributed by atoms with E-state index >= 15 is 0 Å². The van der Waals surface area contributed by atoms with E-state index in [2.05, 4.69) is 26.8 Å². The smallest absolute Gasteiger partial charge is 0.306 e. The van der Waals surface area contributed by atoms with Crippen LogP contribution in [0, 0.1) is 0 Å². The maximum Gasteiger partial charge on any atom is 0.306 e. The van der Waals surface area contributed by atoms with Crippen LogP contribution >= 0.6 is 0 Å². The third kappa shape index (κ3) is 6.19. The van der Waals surface area contributed by atoms with Crippen molar-refractivity contribution in [2.24, 2.45) is 0 Å². The predicted molar refractivity (Wildman–Crippen MR) is 85.7 cm³/mol. The molecule has 0 N–H and O–H groups in total. The number of benzene rings is 1. The SMILES string of the molecule is CCCCC(=O)O[C@H](C)COc1ccccc1[C@@H](C)CC. The van der Waals surface area contributed by atoms with Gasteiger partial charge in [0.25, 0.3) is 0 Å². The van der Waals surface area contributed by atoms with E-state index in [1.807, 2.05) is 25.1 Å². The van der Waals surface area contributed by atoms with Gasteiger partial charge in [-0.25, -0.2) is 0 Å². The van der Waals surface area contributed by atoms with Gasteiger partial charge in [0.1, 0.15) is 18.5 Å². The van der Waals surface area contributed by atoms with Gasteiger partial charge in [-0.3, -0.25) is 4.79 Å². The highest BCUT2D eigenvalue weighted by atomic mass is 16.6. The predicted octanol–water partition coefficient (Wildman–Crippen LogP) is 4.70. The number of unbranched alkanes of at least 4 members (excludes halogenated alkanes) is 1. The van der Waals surface area contributed by atoms with E-state index in [-0.39, 0.29) is 12.1 Å². The van der Waals surface area contributed by atoms with E-state index in [1.165, 1.54) is 5.56 Å². The molecule has 2 atom stereocenters. The van der Waals surface area contributed by atoms with Gasteiger partial charge >= 0.3 is 5.97 Å². The molecule has 0 aliphatic carbocycles. The number of hydrogen-bond donors (Lipinski definition) is 0. The van der Waals surface area contributed by atoms with Crippen LogP contribution in [0.2, 0.25) is 0 Å². The Morgan fingerprint density at radius 2 is 1.90 bits per heavy atom. The second-order valence-electron chi connectivity index (χ2n) is 5.56. The quantitative estimate of drug-likeness (QED) is 0.619. The molecule has 0 bridgehead atoms. The second-order valence-corrected chi connectivity index (χ2v) is 5.56. The summed E-state index contributed by atoms with van der Waals surface area (Å²) in [5.74, 6) is 1.22. The fraction of sp³-hybridized carbons (Fsp3) is 0.611. The first kappa shape index (κ1) is 17.5. The van der Waals surface area contributed by atoms with Crippen molar-refractivity contribution in [2.75, 3.05) is 6.61 Å². The van der Waals surface area contributed by atoms with Crippen molar-refractivity contribution < 1.29 is 14.3 Å². The van der Waals surface area contributed by atoms with E-state index < -0.39 is 0 Å². The van der Waals surface area contributed by atoms with Crippen molar-refractivity contribution in [2.45, 2.75) is 65.4 Å². The largest absolute Gasteiger partial charge is 0.489 e. The van der Waals surface area contributed by atoms with E-state index in [1.54, 1.807) is 0 Å².